The summed E-state index contributed by atoms with van der Waals surface area (Å²) in [7, 11) is 0. The fourth-order valence-electron chi connectivity index (χ4n) is 3.61. The molecule has 0 heterocycles. The molecule has 0 aliphatic carbocycles. The normalized spacial score (nSPS) is 12.3. The van der Waals surface area contributed by atoms with Gasteiger partial charge in [-0.3, -0.25) is 4.79 Å². The van der Waals surface area contributed by atoms with Crippen molar-refractivity contribution in [2.24, 2.45) is 11.7 Å². The molecule has 1 amide bonds. The van der Waals surface area contributed by atoms with E-state index in [0.717, 1.165) is 23.5 Å². The first-order chi connectivity index (χ1) is 15.9. The zero-order valence-electron chi connectivity index (χ0n) is 21.4. The van der Waals surface area contributed by atoms with Crippen molar-refractivity contribution in [2.75, 3.05) is 18.0 Å². The number of benzene rings is 2. The highest BCUT2D eigenvalue weighted by Crippen LogP contribution is 2.23. The van der Waals surface area contributed by atoms with Crippen LogP contribution in [0.25, 0.3) is 0 Å². The lowest BCUT2D eigenvalue weighted by atomic mass is 10.00. The number of hydrogen-bond donors (Lipinski definition) is 2. The van der Waals surface area contributed by atoms with Crippen LogP contribution >= 0.6 is 11.6 Å². The molecule has 0 aliphatic heterocycles. The number of hydrogen-bond acceptors (Lipinski definition) is 4. The van der Waals surface area contributed by atoms with Crippen LogP contribution in [-0.4, -0.2) is 30.6 Å². The summed E-state index contributed by atoms with van der Waals surface area (Å²) in [4.78, 5) is 14.9. The summed E-state index contributed by atoms with van der Waals surface area (Å²) in [6.45, 7) is 14.2. The second kappa shape index (κ2) is 12.8. The smallest absolute Gasteiger partial charge is 0.237 e. The summed E-state index contributed by atoms with van der Waals surface area (Å²) in [5, 5.41) is 3.86. The Morgan fingerprint density at radius 2 is 1.74 bits per heavy atom. The molecule has 2 aromatic carbocycles. The SMILES string of the molecule is CC(C)=CCN(CC(C)(C)NC(=O)[C@@H](N)CC(C)C)c1ccc(OCc2ccc(Cl)cc2)cc1. The van der Waals surface area contributed by atoms with Crippen molar-refractivity contribution in [3.8, 4) is 5.75 Å². The molecule has 5 nitrogen and oxygen atoms in total. The number of nitrogens with zero attached hydrogens (tertiary/aromatic N) is 1. The summed E-state index contributed by atoms with van der Waals surface area (Å²) < 4.78 is 5.93. The van der Waals surface area contributed by atoms with E-state index in [4.69, 9.17) is 22.1 Å². The topological polar surface area (TPSA) is 67.6 Å². The molecule has 0 aliphatic rings. The van der Waals surface area contributed by atoms with Crippen LogP contribution in [0.3, 0.4) is 0 Å². The van der Waals surface area contributed by atoms with Gasteiger partial charge in [0.2, 0.25) is 5.91 Å². The van der Waals surface area contributed by atoms with Crippen LogP contribution in [0.15, 0.2) is 60.2 Å². The molecular weight excluding hydrogens is 446 g/mol. The van der Waals surface area contributed by atoms with Gasteiger partial charge in [0.25, 0.3) is 0 Å². The van der Waals surface area contributed by atoms with Crippen molar-refractivity contribution < 1.29 is 9.53 Å². The van der Waals surface area contributed by atoms with Crippen molar-refractivity contribution in [1.29, 1.82) is 0 Å². The number of ether oxygens (including phenoxy) is 1. The predicted molar refractivity (Wildman–Crippen MR) is 144 cm³/mol. The maximum Gasteiger partial charge on any atom is 0.237 e. The van der Waals surface area contributed by atoms with Crippen molar-refractivity contribution in [2.45, 2.75) is 66.2 Å². The molecular formula is C28H40ClN3O2. The molecule has 0 bridgehead atoms. The number of allylic oxidation sites excluding steroid dienone is 1. The number of carbonyl (C=O) groups is 1. The Kier molecular flexibility index (Phi) is 10.5. The lowest BCUT2D eigenvalue weighted by Crippen LogP contribution is -2.55. The van der Waals surface area contributed by atoms with Crippen LogP contribution in [0, 0.1) is 5.92 Å². The van der Waals surface area contributed by atoms with Crippen LogP contribution in [0.1, 0.15) is 53.5 Å². The minimum Gasteiger partial charge on any atom is -0.489 e. The van der Waals surface area contributed by atoms with E-state index < -0.39 is 11.6 Å². The zero-order chi connectivity index (χ0) is 25.3. The van der Waals surface area contributed by atoms with Gasteiger partial charge >= 0.3 is 0 Å². The number of carbonyl (C=O) groups excluding carboxylic acids is 1. The van der Waals surface area contributed by atoms with Crippen LogP contribution in [-0.2, 0) is 11.4 Å². The van der Waals surface area contributed by atoms with E-state index in [0.29, 0.717) is 30.5 Å². The number of halogens is 1. The number of amides is 1. The Morgan fingerprint density at radius 3 is 2.29 bits per heavy atom. The first-order valence-corrected chi connectivity index (χ1v) is 12.3. The van der Waals surface area contributed by atoms with Gasteiger partial charge in [-0.2, -0.15) is 0 Å². The Labute approximate surface area is 210 Å². The number of nitrogens with one attached hydrogen (secondary N) is 1. The van der Waals surface area contributed by atoms with Gasteiger partial charge in [-0.05, 0) is 82.0 Å². The quantitative estimate of drug-likeness (QED) is 0.364. The van der Waals surface area contributed by atoms with Gasteiger partial charge in [0.15, 0.2) is 0 Å². The Bertz CT molecular complexity index is 933. The standard InChI is InChI=1S/C28H40ClN3O2/c1-20(2)15-16-32(19-28(5,6)31-27(33)26(30)17-21(3)4)24-11-13-25(14-12-24)34-18-22-7-9-23(29)10-8-22/h7-15,21,26H,16-19,30H2,1-6H3,(H,31,33)/t26-/m0/s1. The fourth-order valence-corrected chi connectivity index (χ4v) is 3.74. The highest BCUT2D eigenvalue weighted by molar-refractivity contribution is 6.30. The largest absolute Gasteiger partial charge is 0.489 e. The molecule has 0 spiro atoms. The summed E-state index contributed by atoms with van der Waals surface area (Å²) in [5.41, 5.74) is 9.02. The molecule has 0 aromatic heterocycles. The molecule has 0 saturated carbocycles. The molecule has 3 N–H and O–H groups in total. The minimum absolute atomic E-state index is 0.105. The Balaban J connectivity index is 2.08. The van der Waals surface area contributed by atoms with Crippen LogP contribution in [0.2, 0.25) is 5.02 Å². The van der Waals surface area contributed by atoms with Crippen LogP contribution in [0.4, 0.5) is 5.69 Å². The molecule has 0 unspecified atom stereocenters. The number of rotatable bonds is 12. The highest BCUT2D eigenvalue weighted by Gasteiger charge is 2.26. The monoisotopic (exact) mass is 485 g/mol. The van der Waals surface area contributed by atoms with E-state index in [-0.39, 0.29) is 5.91 Å². The lowest BCUT2D eigenvalue weighted by Gasteiger charge is -2.35. The molecule has 0 fully saturated rings. The van der Waals surface area contributed by atoms with Crippen molar-refractivity contribution in [3.05, 3.63) is 70.8 Å². The van der Waals surface area contributed by atoms with Gasteiger partial charge in [0.1, 0.15) is 12.4 Å². The van der Waals surface area contributed by atoms with E-state index >= 15 is 0 Å². The minimum atomic E-state index is -0.498. The Hall–Kier alpha value is -2.50. The maximum absolute atomic E-state index is 12.6. The summed E-state index contributed by atoms with van der Waals surface area (Å²) in [6.07, 6.45) is 2.86. The molecule has 1 atom stereocenters. The maximum atomic E-state index is 12.6. The summed E-state index contributed by atoms with van der Waals surface area (Å²) in [6, 6.07) is 15.2. The summed E-state index contributed by atoms with van der Waals surface area (Å²) >= 11 is 5.95. The molecule has 34 heavy (non-hydrogen) atoms. The van der Waals surface area contributed by atoms with E-state index in [1.165, 1.54) is 5.57 Å². The van der Waals surface area contributed by atoms with Crippen molar-refractivity contribution in [3.63, 3.8) is 0 Å². The van der Waals surface area contributed by atoms with Crippen LogP contribution in [0.5, 0.6) is 5.75 Å². The fraction of sp³-hybridized carbons (Fsp3) is 0.464. The van der Waals surface area contributed by atoms with E-state index in [9.17, 15) is 4.79 Å². The number of anilines is 1. The third-order valence-corrected chi connectivity index (χ3v) is 5.60. The third kappa shape index (κ3) is 9.78. The second-order valence-electron chi connectivity index (χ2n) is 10.2. The number of nitrogens with two attached hydrogens (primary N) is 1. The van der Waals surface area contributed by atoms with Gasteiger partial charge in [0.05, 0.1) is 11.6 Å². The van der Waals surface area contributed by atoms with Gasteiger partial charge in [-0.15, -0.1) is 0 Å². The van der Waals surface area contributed by atoms with Gasteiger partial charge in [-0.1, -0.05) is 49.2 Å². The third-order valence-electron chi connectivity index (χ3n) is 5.35. The highest BCUT2D eigenvalue weighted by atomic mass is 35.5. The van der Waals surface area contributed by atoms with E-state index in [2.05, 4.69) is 56.1 Å². The molecule has 0 saturated heterocycles. The second-order valence-corrected chi connectivity index (χ2v) is 10.6. The zero-order valence-corrected chi connectivity index (χ0v) is 22.2. The predicted octanol–water partition coefficient (Wildman–Crippen LogP) is 5.96. The first kappa shape index (κ1) is 27.7. The van der Waals surface area contributed by atoms with Crippen molar-refractivity contribution in [1.82, 2.24) is 5.32 Å². The lowest BCUT2D eigenvalue weighted by molar-refractivity contribution is -0.124. The van der Waals surface area contributed by atoms with Crippen molar-refractivity contribution >= 4 is 23.2 Å². The molecule has 2 rings (SSSR count). The molecule has 0 radical (unpaired) electrons. The van der Waals surface area contributed by atoms with Gasteiger partial charge < -0.3 is 20.7 Å². The molecule has 2 aromatic rings. The van der Waals surface area contributed by atoms with Crippen LogP contribution < -0.4 is 20.7 Å². The Morgan fingerprint density at radius 1 is 1.12 bits per heavy atom. The van der Waals surface area contributed by atoms with Gasteiger partial charge in [-0.25, -0.2) is 0 Å². The van der Waals surface area contributed by atoms with Gasteiger partial charge in [0, 0.05) is 23.8 Å². The molecule has 6 heteroatoms. The van der Waals surface area contributed by atoms with E-state index in [1.54, 1.807) is 0 Å². The summed E-state index contributed by atoms with van der Waals surface area (Å²) in [5.74, 6) is 1.07. The first-order valence-electron chi connectivity index (χ1n) is 11.9. The van der Waals surface area contributed by atoms with E-state index in [1.807, 2.05) is 50.2 Å². The molecule has 186 valence electrons. The average Bonchev–Trinajstić information content (AvgIpc) is 2.75. The average molecular weight is 486 g/mol.